The molecular weight excluding hydrogens is 446 g/mol. The van der Waals surface area contributed by atoms with Crippen molar-refractivity contribution in [2.45, 2.75) is 19.4 Å². The zero-order chi connectivity index (χ0) is 21.1. The van der Waals surface area contributed by atoms with Crippen LogP contribution < -0.4 is 19.1 Å². The van der Waals surface area contributed by atoms with Crippen molar-refractivity contribution in [2.75, 3.05) is 25.7 Å². The molecule has 1 N–H and O–H groups in total. The normalized spacial score (nSPS) is 13.0. The lowest BCUT2D eigenvalue weighted by atomic mass is 10.00. The smallest absolute Gasteiger partial charge is 0.183 e. The van der Waals surface area contributed by atoms with Crippen molar-refractivity contribution in [1.82, 2.24) is 0 Å². The number of fused-ring (bicyclic) bond motifs is 1. The molecule has 0 saturated heterocycles. The zero-order valence-electron chi connectivity index (χ0n) is 17.0. The fourth-order valence-corrected chi connectivity index (χ4v) is 4.31. The van der Waals surface area contributed by atoms with E-state index in [9.17, 15) is 5.11 Å². The van der Waals surface area contributed by atoms with Crippen molar-refractivity contribution in [1.29, 1.82) is 0 Å². The van der Waals surface area contributed by atoms with Gasteiger partial charge in [0.05, 0.1) is 18.7 Å². The number of nitrogens with zero attached hydrogens (tertiary/aromatic N) is 1. The molecule has 4 rings (SSSR count). The fourth-order valence-electron chi connectivity index (χ4n) is 3.77. The van der Waals surface area contributed by atoms with Crippen LogP contribution in [0, 0.1) is 0 Å². The SMILES string of the molecule is COc1cc2c(cc1O)N(Cc1ccc(OC)c(Oc3ccccc3)c1Br)CCC2. The molecule has 0 spiro atoms. The Balaban J connectivity index is 1.66. The molecule has 0 unspecified atom stereocenters. The third-order valence-electron chi connectivity index (χ3n) is 5.28. The molecule has 1 aliphatic rings. The second kappa shape index (κ2) is 8.88. The number of hydrogen-bond acceptors (Lipinski definition) is 5. The van der Waals surface area contributed by atoms with Gasteiger partial charge in [0.1, 0.15) is 5.75 Å². The second-order valence-electron chi connectivity index (χ2n) is 7.16. The van der Waals surface area contributed by atoms with E-state index in [0.717, 1.165) is 40.9 Å². The summed E-state index contributed by atoms with van der Waals surface area (Å²) in [6.45, 7) is 1.58. The van der Waals surface area contributed by atoms with E-state index in [1.807, 2.05) is 48.5 Å². The topological polar surface area (TPSA) is 51.2 Å². The van der Waals surface area contributed by atoms with Gasteiger partial charge in [0, 0.05) is 24.8 Å². The molecule has 3 aromatic rings. The minimum atomic E-state index is 0.157. The van der Waals surface area contributed by atoms with Gasteiger partial charge in [0.2, 0.25) is 0 Å². The number of rotatable bonds is 6. The van der Waals surface area contributed by atoms with Crippen molar-refractivity contribution < 1.29 is 19.3 Å². The molecule has 6 heteroatoms. The number of methoxy groups -OCH3 is 2. The Hall–Kier alpha value is -2.86. The molecule has 1 heterocycles. The summed E-state index contributed by atoms with van der Waals surface area (Å²) in [5.41, 5.74) is 3.29. The standard InChI is InChI=1S/C24H24BrNO4/c1-28-21-11-10-17(23(25)24(21)30-18-8-4-3-5-9-18)15-26-12-6-7-16-13-22(29-2)20(27)14-19(16)26/h3-5,8-11,13-14,27H,6-7,12,15H2,1-2H3. The molecule has 0 saturated carbocycles. The number of ether oxygens (including phenoxy) is 3. The van der Waals surface area contributed by atoms with Crippen LogP contribution in [0.2, 0.25) is 0 Å². The van der Waals surface area contributed by atoms with Crippen LogP contribution in [-0.4, -0.2) is 25.9 Å². The number of benzene rings is 3. The van der Waals surface area contributed by atoms with Gasteiger partial charge in [-0.2, -0.15) is 0 Å². The molecule has 0 amide bonds. The molecule has 156 valence electrons. The first-order valence-electron chi connectivity index (χ1n) is 9.83. The van der Waals surface area contributed by atoms with E-state index in [1.165, 1.54) is 5.56 Å². The van der Waals surface area contributed by atoms with Crippen molar-refractivity contribution in [3.63, 3.8) is 0 Å². The number of hydrogen-bond donors (Lipinski definition) is 1. The van der Waals surface area contributed by atoms with Crippen LogP contribution in [0.3, 0.4) is 0 Å². The number of aromatic hydroxyl groups is 1. The van der Waals surface area contributed by atoms with Crippen LogP contribution >= 0.6 is 15.9 Å². The van der Waals surface area contributed by atoms with Gasteiger partial charge >= 0.3 is 0 Å². The first-order valence-corrected chi connectivity index (χ1v) is 10.6. The monoisotopic (exact) mass is 469 g/mol. The van der Waals surface area contributed by atoms with E-state index >= 15 is 0 Å². The highest BCUT2D eigenvalue weighted by molar-refractivity contribution is 9.10. The quantitative estimate of drug-likeness (QED) is 0.485. The van der Waals surface area contributed by atoms with E-state index in [-0.39, 0.29) is 5.75 Å². The first kappa shape index (κ1) is 20.4. The fraction of sp³-hybridized carbons (Fsp3) is 0.250. The van der Waals surface area contributed by atoms with Crippen LogP contribution in [0.15, 0.2) is 59.1 Å². The average molecular weight is 470 g/mol. The average Bonchev–Trinajstić information content (AvgIpc) is 2.77. The van der Waals surface area contributed by atoms with Crippen LogP contribution in [-0.2, 0) is 13.0 Å². The van der Waals surface area contributed by atoms with E-state index in [2.05, 4.69) is 20.8 Å². The molecule has 0 aliphatic carbocycles. The van der Waals surface area contributed by atoms with Gasteiger partial charge in [-0.05, 0) is 64.2 Å². The summed E-state index contributed by atoms with van der Waals surface area (Å²) < 4.78 is 17.8. The maximum absolute atomic E-state index is 10.3. The highest BCUT2D eigenvalue weighted by Gasteiger charge is 2.22. The Morgan fingerprint density at radius 3 is 2.50 bits per heavy atom. The molecule has 30 heavy (non-hydrogen) atoms. The van der Waals surface area contributed by atoms with Gasteiger partial charge in [-0.15, -0.1) is 0 Å². The predicted molar refractivity (Wildman–Crippen MR) is 121 cm³/mol. The van der Waals surface area contributed by atoms with Crippen molar-refractivity contribution >= 4 is 21.6 Å². The number of phenols is 1. The van der Waals surface area contributed by atoms with Crippen LogP contribution in [0.5, 0.6) is 28.7 Å². The van der Waals surface area contributed by atoms with Gasteiger partial charge in [0.15, 0.2) is 23.0 Å². The number of para-hydroxylation sites is 1. The van der Waals surface area contributed by atoms with Crippen LogP contribution in [0.1, 0.15) is 17.5 Å². The maximum Gasteiger partial charge on any atom is 0.183 e. The summed E-state index contributed by atoms with van der Waals surface area (Å²) in [7, 11) is 3.21. The first-order chi connectivity index (χ1) is 14.6. The van der Waals surface area contributed by atoms with Gasteiger partial charge in [-0.1, -0.05) is 24.3 Å². The summed E-state index contributed by atoms with van der Waals surface area (Å²) in [6, 6.07) is 17.3. The van der Waals surface area contributed by atoms with E-state index in [1.54, 1.807) is 20.3 Å². The summed E-state index contributed by atoms with van der Waals surface area (Å²) in [4.78, 5) is 2.27. The third kappa shape index (κ3) is 4.05. The molecule has 0 radical (unpaired) electrons. The van der Waals surface area contributed by atoms with E-state index < -0.39 is 0 Å². The Bertz CT molecular complexity index is 1040. The van der Waals surface area contributed by atoms with Crippen molar-refractivity contribution in [3.05, 3.63) is 70.2 Å². The number of anilines is 1. The van der Waals surface area contributed by atoms with E-state index in [4.69, 9.17) is 14.2 Å². The van der Waals surface area contributed by atoms with Crippen LogP contribution in [0.25, 0.3) is 0 Å². The molecule has 3 aromatic carbocycles. The van der Waals surface area contributed by atoms with Gasteiger partial charge in [-0.3, -0.25) is 0 Å². The Morgan fingerprint density at radius 1 is 1.00 bits per heavy atom. The lowest BCUT2D eigenvalue weighted by Gasteiger charge is -2.32. The predicted octanol–water partition coefficient (Wildman–Crippen LogP) is 5.92. The third-order valence-corrected chi connectivity index (χ3v) is 6.15. The van der Waals surface area contributed by atoms with Crippen molar-refractivity contribution in [3.8, 4) is 28.7 Å². The molecule has 0 bridgehead atoms. The number of halogens is 1. The zero-order valence-corrected chi connectivity index (χ0v) is 18.6. The summed E-state index contributed by atoms with van der Waals surface area (Å²) in [5, 5.41) is 10.3. The Morgan fingerprint density at radius 2 is 1.77 bits per heavy atom. The molecular formula is C24H24BrNO4. The molecule has 1 aliphatic heterocycles. The largest absolute Gasteiger partial charge is 0.504 e. The molecule has 0 aromatic heterocycles. The Labute approximate surface area is 184 Å². The summed E-state index contributed by atoms with van der Waals surface area (Å²) >= 11 is 3.73. The van der Waals surface area contributed by atoms with Gasteiger partial charge in [-0.25, -0.2) is 0 Å². The second-order valence-corrected chi connectivity index (χ2v) is 7.96. The highest BCUT2D eigenvalue weighted by atomic mass is 79.9. The summed E-state index contributed by atoms with van der Waals surface area (Å²) in [5.74, 6) is 2.73. The molecule has 0 fully saturated rings. The maximum atomic E-state index is 10.3. The van der Waals surface area contributed by atoms with Gasteiger partial charge in [0.25, 0.3) is 0 Å². The minimum Gasteiger partial charge on any atom is -0.504 e. The lowest BCUT2D eigenvalue weighted by Crippen LogP contribution is -2.29. The Kier molecular flexibility index (Phi) is 6.04. The lowest BCUT2D eigenvalue weighted by molar-refractivity contribution is 0.372. The van der Waals surface area contributed by atoms with Crippen molar-refractivity contribution in [2.24, 2.45) is 0 Å². The number of aryl methyl sites for hydroxylation is 1. The minimum absolute atomic E-state index is 0.157. The molecule has 5 nitrogen and oxygen atoms in total. The molecule has 0 atom stereocenters. The highest BCUT2D eigenvalue weighted by Crippen LogP contribution is 2.43. The van der Waals surface area contributed by atoms with Gasteiger partial charge < -0.3 is 24.2 Å². The van der Waals surface area contributed by atoms with Crippen LogP contribution in [0.4, 0.5) is 5.69 Å². The number of phenolic OH excluding ortho intramolecular Hbond substituents is 1. The summed E-state index contributed by atoms with van der Waals surface area (Å²) in [6.07, 6.45) is 2.01. The van der Waals surface area contributed by atoms with E-state index in [0.29, 0.717) is 23.8 Å².